The van der Waals surface area contributed by atoms with Crippen LogP contribution in [0.5, 0.6) is 0 Å². The fourth-order valence-corrected chi connectivity index (χ4v) is 6.69. The molecule has 0 aromatic rings. The zero-order valence-corrected chi connectivity index (χ0v) is 13.8. The predicted molar refractivity (Wildman–Crippen MR) is 83.5 cm³/mol. The van der Waals surface area contributed by atoms with Gasteiger partial charge in [0.15, 0.2) is 5.84 Å². The van der Waals surface area contributed by atoms with Gasteiger partial charge >= 0.3 is 0 Å². The Morgan fingerprint density at radius 1 is 1.27 bits per heavy atom. The number of carbonyl (C=O) groups is 1. The van der Waals surface area contributed by atoms with Crippen LogP contribution in [0.15, 0.2) is 0 Å². The Kier molecular flexibility index (Phi) is 3.12. The first-order chi connectivity index (χ1) is 10.3. The van der Waals surface area contributed by atoms with E-state index in [-0.39, 0.29) is 23.0 Å². The largest absolute Gasteiger partial charge is 0.393 e. The summed E-state index contributed by atoms with van der Waals surface area (Å²) in [5.74, 6) is 2.83. The van der Waals surface area contributed by atoms with Crippen LogP contribution in [0, 0.1) is 34.5 Å². The van der Waals surface area contributed by atoms with Crippen molar-refractivity contribution in [3.63, 3.8) is 0 Å². The van der Waals surface area contributed by atoms with Crippen LogP contribution >= 0.6 is 0 Å². The highest BCUT2D eigenvalue weighted by Crippen LogP contribution is 2.60. The zero-order valence-electron chi connectivity index (χ0n) is 13.8. The first-order valence-electron chi connectivity index (χ1n) is 8.97. The van der Waals surface area contributed by atoms with Crippen molar-refractivity contribution in [2.75, 3.05) is 0 Å². The van der Waals surface area contributed by atoms with Gasteiger partial charge in [-0.05, 0) is 56.3 Å². The Balaban J connectivity index is 1.70. The van der Waals surface area contributed by atoms with E-state index in [1.165, 1.54) is 0 Å². The maximum atomic E-state index is 13.1. The van der Waals surface area contributed by atoms with Crippen LogP contribution in [0.3, 0.4) is 0 Å². The minimum absolute atomic E-state index is 0.0628. The van der Waals surface area contributed by atoms with Crippen molar-refractivity contribution < 1.29 is 15.2 Å². The highest BCUT2D eigenvalue weighted by molar-refractivity contribution is 5.86. The lowest BCUT2D eigenvalue weighted by Gasteiger charge is -2.58. The maximum absolute atomic E-state index is 13.1. The molecule has 1 aliphatic heterocycles. The van der Waals surface area contributed by atoms with Gasteiger partial charge in [0.1, 0.15) is 11.3 Å². The Hall–Kier alpha value is -0.740. The van der Waals surface area contributed by atoms with Gasteiger partial charge < -0.3 is 5.11 Å². The van der Waals surface area contributed by atoms with E-state index in [0.29, 0.717) is 30.0 Å². The number of carbonyl (C=O) groups excluding carboxylic acids is 1. The Bertz CT molecular complexity index is 533. The molecule has 0 amide bonds. The summed E-state index contributed by atoms with van der Waals surface area (Å²) in [6, 6.07) is 0. The molecular formula is C18H29N2O2+. The first kappa shape index (κ1) is 14.8. The van der Waals surface area contributed by atoms with Gasteiger partial charge in [0.2, 0.25) is 0 Å². The standard InChI is InChI=1S/C18H28N2O2/c1-17-6-5-11(21)7-10(17)3-4-12-13-8-15(19)20-18(13,2)9-14(22)16(12)17/h10-13,16,21H,3-9H2,1-2H3,(H2,19,20)/p+1. The second kappa shape index (κ2) is 4.64. The molecule has 122 valence electrons. The minimum Gasteiger partial charge on any atom is -0.393 e. The molecule has 4 fully saturated rings. The molecule has 1 saturated heterocycles. The molecule has 7 unspecified atom stereocenters. The number of nitrogens with two attached hydrogens (primary N) is 1. The van der Waals surface area contributed by atoms with Crippen LogP contribution in [0.4, 0.5) is 0 Å². The summed E-state index contributed by atoms with van der Waals surface area (Å²) < 4.78 is 0. The number of amidine groups is 1. The van der Waals surface area contributed by atoms with Gasteiger partial charge in [0.05, 0.1) is 18.9 Å². The number of quaternary nitrogens is 1. The van der Waals surface area contributed by atoms with E-state index < -0.39 is 0 Å². The number of aliphatic hydroxyl groups excluding tert-OH is 1. The fourth-order valence-electron chi connectivity index (χ4n) is 6.69. The van der Waals surface area contributed by atoms with Crippen molar-refractivity contribution in [1.82, 2.24) is 0 Å². The average Bonchev–Trinajstić information content (AvgIpc) is 2.73. The van der Waals surface area contributed by atoms with Gasteiger partial charge in [-0.25, -0.2) is 0 Å². The monoisotopic (exact) mass is 305 g/mol. The molecule has 4 aliphatic rings. The van der Waals surface area contributed by atoms with Crippen molar-refractivity contribution in [2.24, 2.45) is 29.1 Å². The summed E-state index contributed by atoms with van der Waals surface area (Å²) in [7, 11) is 0. The van der Waals surface area contributed by atoms with Gasteiger partial charge in [0, 0.05) is 11.8 Å². The molecule has 22 heavy (non-hydrogen) atoms. The molecule has 4 rings (SSSR count). The zero-order chi connectivity index (χ0) is 15.7. The van der Waals surface area contributed by atoms with E-state index in [9.17, 15) is 9.90 Å². The third-order valence-corrected chi connectivity index (χ3v) is 7.70. The second-order valence-electron chi connectivity index (χ2n) is 8.98. The number of aliphatic hydroxyl groups is 1. The van der Waals surface area contributed by atoms with Crippen LogP contribution in [-0.4, -0.2) is 28.4 Å². The molecule has 0 spiro atoms. The number of Topliss-reactive ketones (excluding diaryl/α,β-unsaturated/α-hetero) is 1. The highest BCUT2D eigenvalue weighted by Gasteiger charge is 2.63. The predicted octanol–water partition coefficient (Wildman–Crippen LogP) is 1.47. The molecule has 4 heteroatoms. The molecule has 0 aromatic heterocycles. The van der Waals surface area contributed by atoms with E-state index in [2.05, 4.69) is 19.2 Å². The van der Waals surface area contributed by atoms with Crippen LogP contribution in [0.2, 0.25) is 0 Å². The third kappa shape index (κ3) is 1.89. The highest BCUT2D eigenvalue weighted by atomic mass is 16.3. The third-order valence-electron chi connectivity index (χ3n) is 7.70. The molecule has 0 aromatic carbocycles. The molecule has 7 atom stereocenters. The smallest absolute Gasteiger partial charge is 0.193 e. The molecular weight excluding hydrogens is 276 g/mol. The number of ketones is 1. The average molecular weight is 305 g/mol. The van der Waals surface area contributed by atoms with Crippen molar-refractivity contribution in [3.05, 3.63) is 0 Å². The van der Waals surface area contributed by atoms with Crippen LogP contribution in [0.1, 0.15) is 58.8 Å². The van der Waals surface area contributed by atoms with Crippen molar-refractivity contribution >= 4 is 11.6 Å². The Labute approximate surface area is 132 Å². The fraction of sp³-hybridized carbons (Fsp3) is 0.889. The lowest BCUT2D eigenvalue weighted by Crippen LogP contribution is -2.97. The molecule has 3 aliphatic carbocycles. The molecule has 4 N–H and O–H groups in total. The Morgan fingerprint density at radius 2 is 2.05 bits per heavy atom. The summed E-state index contributed by atoms with van der Waals surface area (Å²) in [5.41, 5.74) is 0.0258. The minimum atomic E-state index is -0.161. The summed E-state index contributed by atoms with van der Waals surface area (Å²) in [4.78, 5) is 13.1. The summed E-state index contributed by atoms with van der Waals surface area (Å²) in [6.45, 7) is 4.53. The SMILES string of the molecule is CC12CC(=O)C3C(CCC4CC(O)CCC43C)C1CC(=N)[NH2+]2. The molecule has 1 heterocycles. The Morgan fingerprint density at radius 3 is 2.82 bits per heavy atom. The lowest BCUT2D eigenvalue weighted by molar-refractivity contribution is -0.620. The van der Waals surface area contributed by atoms with E-state index in [1.807, 2.05) is 0 Å². The second-order valence-corrected chi connectivity index (χ2v) is 8.98. The van der Waals surface area contributed by atoms with E-state index in [1.54, 1.807) is 0 Å². The first-order valence-corrected chi connectivity index (χ1v) is 8.97. The summed E-state index contributed by atoms with van der Waals surface area (Å²) in [6.07, 6.45) is 6.35. The number of hydrogen-bond acceptors (Lipinski definition) is 3. The van der Waals surface area contributed by atoms with Crippen molar-refractivity contribution in [3.8, 4) is 0 Å². The summed E-state index contributed by atoms with van der Waals surface area (Å²) in [5, 5.41) is 20.2. The van der Waals surface area contributed by atoms with E-state index in [0.717, 1.165) is 44.4 Å². The molecule has 4 nitrogen and oxygen atoms in total. The topological polar surface area (TPSA) is 77.8 Å². The van der Waals surface area contributed by atoms with E-state index >= 15 is 0 Å². The van der Waals surface area contributed by atoms with Gasteiger partial charge in [-0.15, -0.1) is 0 Å². The van der Waals surface area contributed by atoms with Gasteiger partial charge in [0.25, 0.3) is 0 Å². The number of nitrogens with one attached hydrogen (secondary N) is 1. The molecule has 0 radical (unpaired) electrons. The van der Waals surface area contributed by atoms with Gasteiger partial charge in [-0.3, -0.25) is 15.5 Å². The normalized spacial score (nSPS) is 54.6. The molecule has 0 bridgehead atoms. The van der Waals surface area contributed by atoms with Crippen LogP contribution in [-0.2, 0) is 4.79 Å². The quantitative estimate of drug-likeness (QED) is 0.634. The maximum Gasteiger partial charge on any atom is 0.193 e. The van der Waals surface area contributed by atoms with Crippen molar-refractivity contribution in [1.29, 1.82) is 5.41 Å². The van der Waals surface area contributed by atoms with E-state index in [4.69, 9.17) is 5.41 Å². The van der Waals surface area contributed by atoms with Crippen LogP contribution < -0.4 is 5.32 Å². The number of hydrogen-bond donors (Lipinski definition) is 3. The summed E-state index contributed by atoms with van der Waals surface area (Å²) >= 11 is 0. The van der Waals surface area contributed by atoms with Crippen LogP contribution in [0.25, 0.3) is 0 Å². The van der Waals surface area contributed by atoms with Crippen molar-refractivity contribution in [2.45, 2.75) is 70.4 Å². The number of rotatable bonds is 0. The number of fused-ring (bicyclic) bond motifs is 5. The van der Waals surface area contributed by atoms with Gasteiger partial charge in [-0.1, -0.05) is 6.92 Å². The molecule has 3 saturated carbocycles. The lowest BCUT2D eigenvalue weighted by atomic mass is 9.46. The van der Waals surface area contributed by atoms with Gasteiger partial charge in [-0.2, -0.15) is 0 Å².